The molecule has 0 aliphatic heterocycles. The van der Waals surface area contributed by atoms with Crippen LogP contribution in [0, 0.1) is 0 Å². The van der Waals surface area contributed by atoms with Crippen molar-refractivity contribution in [1.82, 2.24) is 10.3 Å². The zero-order valence-electron chi connectivity index (χ0n) is 12.3. The van der Waals surface area contributed by atoms with Gasteiger partial charge in [0.1, 0.15) is 0 Å². The first-order valence-electron chi connectivity index (χ1n) is 7.44. The summed E-state index contributed by atoms with van der Waals surface area (Å²) < 4.78 is 0. The lowest BCUT2D eigenvalue weighted by Crippen LogP contribution is -2.18. The smallest absolute Gasteiger partial charge is 0.0706 e. The minimum Gasteiger partial charge on any atom is -0.312 e. The maximum Gasteiger partial charge on any atom is 0.0706 e. The summed E-state index contributed by atoms with van der Waals surface area (Å²) >= 11 is 0. The van der Waals surface area contributed by atoms with Gasteiger partial charge in [-0.25, -0.2) is 0 Å². The normalized spacial score (nSPS) is 12.4. The second-order valence-corrected chi connectivity index (χ2v) is 5.29. The lowest BCUT2D eigenvalue weighted by molar-refractivity contribution is 0.537. The highest BCUT2D eigenvalue weighted by Gasteiger charge is 2.11. The molecule has 21 heavy (non-hydrogen) atoms. The summed E-state index contributed by atoms with van der Waals surface area (Å²) in [7, 11) is 2.01. The van der Waals surface area contributed by atoms with Crippen molar-refractivity contribution in [2.24, 2.45) is 0 Å². The number of pyridine rings is 1. The van der Waals surface area contributed by atoms with Crippen LogP contribution in [0.5, 0.6) is 0 Å². The number of para-hydroxylation sites is 1. The predicted octanol–water partition coefficient (Wildman–Crippen LogP) is 4.13. The molecule has 0 amide bonds. The van der Waals surface area contributed by atoms with Gasteiger partial charge >= 0.3 is 0 Å². The summed E-state index contributed by atoms with van der Waals surface area (Å²) in [5.74, 6) is 0. The molecule has 0 saturated heterocycles. The van der Waals surface area contributed by atoms with Crippen LogP contribution in [0.15, 0.2) is 66.7 Å². The second-order valence-electron chi connectivity index (χ2n) is 5.29. The van der Waals surface area contributed by atoms with E-state index in [0.717, 1.165) is 24.1 Å². The van der Waals surface area contributed by atoms with Crippen LogP contribution < -0.4 is 5.32 Å². The number of nitrogens with zero attached hydrogens (tertiary/aromatic N) is 1. The molecule has 0 bridgehead atoms. The fourth-order valence-corrected chi connectivity index (χ4v) is 2.67. The van der Waals surface area contributed by atoms with E-state index in [2.05, 4.69) is 66.0 Å². The summed E-state index contributed by atoms with van der Waals surface area (Å²) in [6.07, 6.45) is 2.10. The van der Waals surface area contributed by atoms with E-state index in [0.29, 0.717) is 0 Å². The number of rotatable bonds is 5. The molecule has 0 aliphatic carbocycles. The van der Waals surface area contributed by atoms with Gasteiger partial charge in [-0.2, -0.15) is 0 Å². The van der Waals surface area contributed by atoms with Crippen molar-refractivity contribution in [2.75, 3.05) is 7.05 Å². The molecule has 1 aromatic heterocycles. The van der Waals surface area contributed by atoms with Crippen LogP contribution in [0.1, 0.15) is 23.7 Å². The van der Waals surface area contributed by atoms with Crippen molar-refractivity contribution in [2.45, 2.75) is 18.9 Å². The number of nitrogens with one attached hydrogen (secondary N) is 1. The van der Waals surface area contributed by atoms with E-state index in [-0.39, 0.29) is 6.04 Å². The lowest BCUT2D eigenvalue weighted by atomic mass is 10.0. The molecule has 1 unspecified atom stereocenters. The van der Waals surface area contributed by atoms with Gasteiger partial charge in [0, 0.05) is 11.4 Å². The minimum absolute atomic E-state index is 0.287. The fraction of sp³-hybridized carbons (Fsp3) is 0.211. The van der Waals surface area contributed by atoms with E-state index in [1.165, 1.54) is 10.9 Å². The van der Waals surface area contributed by atoms with Crippen LogP contribution in [0.25, 0.3) is 10.9 Å². The third-order valence-electron chi connectivity index (χ3n) is 3.89. The SMILES string of the molecule is CNC(CCc1ccccc1)c1ccc2ccccc2n1. The van der Waals surface area contributed by atoms with E-state index in [9.17, 15) is 0 Å². The van der Waals surface area contributed by atoms with Gasteiger partial charge in [0.25, 0.3) is 0 Å². The van der Waals surface area contributed by atoms with Gasteiger partial charge in [-0.3, -0.25) is 4.98 Å². The van der Waals surface area contributed by atoms with Crippen molar-refractivity contribution >= 4 is 10.9 Å². The van der Waals surface area contributed by atoms with E-state index >= 15 is 0 Å². The average molecular weight is 276 g/mol. The third-order valence-corrected chi connectivity index (χ3v) is 3.89. The molecule has 3 aromatic rings. The minimum atomic E-state index is 0.287. The standard InChI is InChI=1S/C19H20N2/c1-20-18(13-11-15-7-3-2-4-8-15)19-14-12-16-9-5-6-10-17(16)21-19/h2-10,12,14,18,20H,11,13H2,1H3. The summed E-state index contributed by atoms with van der Waals surface area (Å²) in [5.41, 5.74) is 3.56. The maximum atomic E-state index is 4.80. The Morgan fingerprint density at radius 3 is 2.48 bits per heavy atom. The van der Waals surface area contributed by atoms with Gasteiger partial charge in [-0.15, -0.1) is 0 Å². The summed E-state index contributed by atoms with van der Waals surface area (Å²) in [4.78, 5) is 4.80. The summed E-state index contributed by atoms with van der Waals surface area (Å²) in [6, 6.07) is 23.5. The zero-order valence-corrected chi connectivity index (χ0v) is 12.3. The second kappa shape index (κ2) is 6.51. The Morgan fingerprint density at radius 2 is 1.67 bits per heavy atom. The van der Waals surface area contributed by atoms with Crippen molar-refractivity contribution in [3.63, 3.8) is 0 Å². The van der Waals surface area contributed by atoms with Crippen LogP contribution in [0.3, 0.4) is 0 Å². The Labute approximate surface area is 125 Å². The molecule has 2 aromatic carbocycles. The maximum absolute atomic E-state index is 4.80. The van der Waals surface area contributed by atoms with E-state index in [1.807, 2.05) is 13.1 Å². The van der Waals surface area contributed by atoms with Crippen LogP contribution in [0.4, 0.5) is 0 Å². The van der Waals surface area contributed by atoms with Crippen molar-refractivity contribution < 1.29 is 0 Å². The van der Waals surface area contributed by atoms with Gasteiger partial charge in [0.05, 0.1) is 11.2 Å². The molecule has 1 N–H and O–H groups in total. The van der Waals surface area contributed by atoms with Crippen LogP contribution in [-0.2, 0) is 6.42 Å². The highest BCUT2D eigenvalue weighted by Crippen LogP contribution is 2.20. The van der Waals surface area contributed by atoms with E-state index < -0.39 is 0 Å². The molecule has 0 spiro atoms. The number of hydrogen-bond acceptors (Lipinski definition) is 2. The first kappa shape index (κ1) is 13.8. The van der Waals surface area contributed by atoms with Crippen molar-refractivity contribution in [3.8, 4) is 0 Å². The number of hydrogen-bond donors (Lipinski definition) is 1. The van der Waals surface area contributed by atoms with Crippen molar-refractivity contribution in [3.05, 3.63) is 78.0 Å². The molecule has 0 fully saturated rings. The Balaban J connectivity index is 1.78. The van der Waals surface area contributed by atoms with E-state index in [1.54, 1.807) is 0 Å². The first-order chi connectivity index (χ1) is 10.4. The fourth-order valence-electron chi connectivity index (χ4n) is 2.67. The molecule has 0 radical (unpaired) electrons. The Kier molecular flexibility index (Phi) is 4.27. The first-order valence-corrected chi connectivity index (χ1v) is 7.44. The number of fused-ring (bicyclic) bond motifs is 1. The highest BCUT2D eigenvalue weighted by molar-refractivity contribution is 5.78. The number of benzene rings is 2. The molecule has 0 saturated carbocycles. The van der Waals surface area contributed by atoms with Crippen LogP contribution in [-0.4, -0.2) is 12.0 Å². The monoisotopic (exact) mass is 276 g/mol. The number of aromatic nitrogens is 1. The molecule has 3 rings (SSSR count). The quantitative estimate of drug-likeness (QED) is 0.758. The number of aryl methyl sites for hydroxylation is 1. The Morgan fingerprint density at radius 1 is 0.905 bits per heavy atom. The molecule has 0 aliphatic rings. The molecular formula is C19H20N2. The van der Waals surface area contributed by atoms with Gasteiger partial charge in [0.15, 0.2) is 0 Å². The zero-order chi connectivity index (χ0) is 14.5. The lowest BCUT2D eigenvalue weighted by Gasteiger charge is -2.16. The van der Waals surface area contributed by atoms with Crippen LogP contribution >= 0.6 is 0 Å². The van der Waals surface area contributed by atoms with Gasteiger partial charge in [-0.1, -0.05) is 54.6 Å². The van der Waals surface area contributed by atoms with Gasteiger partial charge < -0.3 is 5.32 Å². The van der Waals surface area contributed by atoms with Gasteiger partial charge in [0.2, 0.25) is 0 Å². The largest absolute Gasteiger partial charge is 0.312 e. The molecule has 106 valence electrons. The molecule has 2 heteroatoms. The Hall–Kier alpha value is -2.19. The summed E-state index contributed by atoms with van der Waals surface area (Å²) in [6.45, 7) is 0. The molecule has 1 atom stereocenters. The summed E-state index contributed by atoms with van der Waals surface area (Å²) in [5, 5.41) is 4.58. The topological polar surface area (TPSA) is 24.9 Å². The van der Waals surface area contributed by atoms with Crippen LogP contribution in [0.2, 0.25) is 0 Å². The Bertz CT molecular complexity index is 707. The molecule has 1 heterocycles. The highest BCUT2D eigenvalue weighted by atomic mass is 14.9. The predicted molar refractivity (Wildman–Crippen MR) is 88.3 cm³/mol. The third kappa shape index (κ3) is 3.29. The van der Waals surface area contributed by atoms with E-state index in [4.69, 9.17) is 4.98 Å². The average Bonchev–Trinajstić information content (AvgIpc) is 2.56. The van der Waals surface area contributed by atoms with Crippen molar-refractivity contribution in [1.29, 1.82) is 0 Å². The van der Waals surface area contributed by atoms with Gasteiger partial charge in [-0.05, 0) is 37.6 Å². The molecule has 2 nitrogen and oxygen atoms in total. The molecular weight excluding hydrogens is 256 g/mol.